The van der Waals surface area contributed by atoms with Crippen molar-refractivity contribution in [1.29, 1.82) is 0 Å². The van der Waals surface area contributed by atoms with Gasteiger partial charge in [-0.05, 0) is 84.8 Å². The molecule has 0 aliphatic carbocycles. The highest BCUT2D eigenvalue weighted by molar-refractivity contribution is 14.1. The fraction of sp³-hybridized carbons (Fsp3) is 0.333. The first-order valence-electron chi connectivity index (χ1n) is 10.6. The van der Waals surface area contributed by atoms with E-state index < -0.39 is 12.1 Å². The standard InChI is InChI=1S/C24H25BrIN3O4/c1-5-14(3)22-28-20-9-8-17(25)12-18(20)23(30)29(22)27-13-16-7-10-21(19(26)11-16)33-15(4)24(31)32-6-2/h7-15H,5-6H2,1-4H3/t14-,15-/m1/s1. The number of hydrogen-bond acceptors (Lipinski definition) is 6. The molecule has 0 amide bonds. The minimum Gasteiger partial charge on any atom is -0.478 e. The van der Waals surface area contributed by atoms with Gasteiger partial charge in [0.25, 0.3) is 5.56 Å². The zero-order chi connectivity index (χ0) is 24.1. The minimum absolute atomic E-state index is 0.0585. The van der Waals surface area contributed by atoms with Crippen LogP contribution in [0.2, 0.25) is 0 Å². The van der Waals surface area contributed by atoms with E-state index >= 15 is 0 Å². The van der Waals surface area contributed by atoms with Gasteiger partial charge in [-0.3, -0.25) is 4.79 Å². The summed E-state index contributed by atoms with van der Waals surface area (Å²) in [5.41, 5.74) is 1.22. The van der Waals surface area contributed by atoms with Crippen LogP contribution in [0.3, 0.4) is 0 Å². The monoisotopic (exact) mass is 625 g/mol. The van der Waals surface area contributed by atoms with Gasteiger partial charge in [0.1, 0.15) is 11.6 Å². The number of esters is 1. The number of carbonyl (C=O) groups excluding carboxylic acids is 1. The van der Waals surface area contributed by atoms with E-state index in [1.165, 1.54) is 4.68 Å². The number of ether oxygens (including phenoxy) is 2. The molecule has 0 N–H and O–H groups in total. The number of rotatable bonds is 8. The number of carbonyl (C=O) groups is 1. The maximum Gasteiger partial charge on any atom is 0.347 e. The third-order valence-corrected chi connectivity index (χ3v) is 6.42. The van der Waals surface area contributed by atoms with Gasteiger partial charge in [0.05, 0.1) is 27.3 Å². The van der Waals surface area contributed by atoms with Crippen LogP contribution >= 0.6 is 38.5 Å². The van der Waals surface area contributed by atoms with Crippen molar-refractivity contribution >= 4 is 61.6 Å². The second-order valence-corrected chi connectivity index (χ2v) is 9.58. The summed E-state index contributed by atoms with van der Waals surface area (Å²) in [6.45, 7) is 7.78. The predicted molar refractivity (Wildman–Crippen MR) is 141 cm³/mol. The van der Waals surface area contributed by atoms with Crippen molar-refractivity contribution in [3.8, 4) is 5.75 Å². The number of fused-ring (bicyclic) bond motifs is 1. The number of nitrogens with zero attached hydrogens (tertiary/aromatic N) is 3. The molecule has 0 aliphatic heterocycles. The fourth-order valence-corrected chi connectivity index (χ4v) is 4.12. The van der Waals surface area contributed by atoms with E-state index in [1.807, 2.05) is 31.2 Å². The highest BCUT2D eigenvalue weighted by Gasteiger charge is 2.18. The van der Waals surface area contributed by atoms with E-state index in [0.29, 0.717) is 29.1 Å². The molecule has 9 heteroatoms. The first-order valence-corrected chi connectivity index (χ1v) is 12.5. The van der Waals surface area contributed by atoms with Gasteiger partial charge >= 0.3 is 5.97 Å². The SMILES string of the molecule is CCOC(=O)[C@@H](C)Oc1ccc(C=Nn2c([C@H](C)CC)nc3ccc(Br)cc3c2=O)cc1I. The number of aromatic nitrogens is 2. The second kappa shape index (κ2) is 11.2. The molecule has 0 radical (unpaired) electrons. The summed E-state index contributed by atoms with van der Waals surface area (Å²) in [4.78, 5) is 29.8. The van der Waals surface area contributed by atoms with E-state index in [1.54, 1.807) is 32.2 Å². The van der Waals surface area contributed by atoms with Crippen LogP contribution in [-0.2, 0) is 9.53 Å². The van der Waals surface area contributed by atoms with Crippen molar-refractivity contribution in [3.63, 3.8) is 0 Å². The van der Waals surface area contributed by atoms with E-state index in [9.17, 15) is 9.59 Å². The normalized spacial score (nSPS) is 13.3. The van der Waals surface area contributed by atoms with E-state index in [0.717, 1.165) is 20.0 Å². The lowest BCUT2D eigenvalue weighted by Crippen LogP contribution is -2.26. The average molecular weight is 626 g/mol. The van der Waals surface area contributed by atoms with Gasteiger partial charge in [-0.2, -0.15) is 9.78 Å². The molecule has 0 saturated heterocycles. The number of benzene rings is 2. The first-order chi connectivity index (χ1) is 15.7. The molecular formula is C24H25BrIN3O4. The van der Waals surface area contributed by atoms with Gasteiger partial charge in [0, 0.05) is 10.4 Å². The lowest BCUT2D eigenvalue weighted by Gasteiger charge is -2.15. The smallest absolute Gasteiger partial charge is 0.347 e. The molecule has 2 aromatic carbocycles. The summed E-state index contributed by atoms with van der Waals surface area (Å²) in [6.07, 6.45) is 1.74. The molecule has 174 valence electrons. The Balaban J connectivity index is 1.95. The molecule has 0 unspecified atom stereocenters. The molecule has 0 bridgehead atoms. The Morgan fingerprint density at radius 1 is 1.24 bits per heavy atom. The van der Waals surface area contributed by atoms with Crippen LogP contribution in [-0.4, -0.2) is 34.6 Å². The first kappa shape index (κ1) is 25.4. The third kappa shape index (κ3) is 6.00. The lowest BCUT2D eigenvalue weighted by molar-refractivity contribution is -0.150. The minimum atomic E-state index is -0.711. The maximum absolute atomic E-state index is 13.2. The molecule has 1 aromatic heterocycles. The zero-order valence-corrected chi connectivity index (χ0v) is 22.6. The van der Waals surface area contributed by atoms with Gasteiger partial charge < -0.3 is 9.47 Å². The molecule has 3 rings (SSSR count). The Labute approximate surface area is 214 Å². The Bertz CT molecular complexity index is 1260. The Kier molecular flexibility index (Phi) is 8.63. The lowest BCUT2D eigenvalue weighted by atomic mass is 10.1. The summed E-state index contributed by atoms with van der Waals surface area (Å²) in [5.74, 6) is 0.837. The molecule has 0 saturated carbocycles. The van der Waals surface area contributed by atoms with Crippen molar-refractivity contribution < 1.29 is 14.3 Å². The third-order valence-electron chi connectivity index (χ3n) is 5.09. The second-order valence-electron chi connectivity index (χ2n) is 7.50. The van der Waals surface area contributed by atoms with Gasteiger partial charge in [0.15, 0.2) is 6.10 Å². The van der Waals surface area contributed by atoms with Crippen LogP contribution < -0.4 is 10.3 Å². The molecule has 0 fully saturated rings. The average Bonchev–Trinajstić information content (AvgIpc) is 2.79. The summed E-state index contributed by atoms with van der Waals surface area (Å²) >= 11 is 5.56. The summed E-state index contributed by atoms with van der Waals surface area (Å²) in [7, 11) is 0. The largest absolute Gasteiger partial charge is 0.478 e. The molecule has 2 atom stereocenters. The van der Waals surface area contributed by atoms with Crippen LogP contribution in [0.15, 0.2) is 50.8 Å². The molecule has 33 heavy (non-hydrogen) atoms. The molecular weight excluding hydrogens is 601 g/mol. The molecule has 1 heterocycles. The van der Waals surface area contributed by atoms with Crippen LogP contribution in [0.25, 0.3) is 10.9 Å². The van der Waals surface area contributed by atoms with Crippen LogP contribution in [0.4, 0.5) is 0 Å². The molecule has 3 aromatic rings. The highest BCUT2D eigenvalue weighted by atomic mass is 127. The van der Waals surface area contributed by atoms with Crippen molar-refractivity contribution in [2.45, 2.75) is 46.1 Å². The number of halogens is 2. The van der Waals surface area contributed by atoms with Crippen molar-refractivity contribution in [2.75, 3.05) is 6.61 Å². The van der Waals surface area contributed by atoms with Gasteiger partial charge in [-0.1, -0.05) is 29.8 Å². The van der Waals surface area contributed by atoms with Crippen molar-refractivity contribution in [3.05, 3.63) is 66.2 Å². The molecule has 0 spiro atoms. The zero-order valence-electron chi connectivity index (χ0n) is 18.8. The Morgan fingerprint density at radius 3 is 2.67 bits per heavy atom. The molecule has 0 aliphatic rings. The van der Waals surface area contributed by atoms with Crippen LogP contribution in [0.1, 0.15) is 51.4 Å². The predicted octanol–water partition coefficient (Wildman–Crippen LogP) is 5.49. The summed E-state index contributed by atoms with van der Waals surface area (Å²) < 4.78 is 13.7. The maximum atomic E-state index is 13.2. The molecule has 7 nitrogen and oxygen atoms in total. The van der Waals surface area contributed by atoms with Gasteiger partial charge in [-0.25, -0.2) is 9.78 Å². The fourth-order valence-electron chi connectivity index (χ4n) is 3.09. The van der Waals surface area contributed by atoms with Crippen LogP contribution in [0, 0.1) is 3.57 Å². The van der Waals surface area contributed by atoms with Crippen LogP contribution in [0.5, 0.6) is 5.75 Å². The van der Waals surface area contributed by atoms with Gasteiger partial charge in [-0.15, -0.1) is 0 Å². The van der Waals surface area contributed by atoms with Crippen molar-refractivity contribution in [2.24, 2.45) is 5.10 Å². The van der Waals surface area contributed by atoms with E-state index in [-0.39, 0.29) is 11.5 Å². The van der Waals surface area contributed by atoms with E-state index in [4.69, 9.17) is 14.5 Å². The highest BCUT2D eigenvalue weighted by Crippen LogP contribution is 2.24. The number of hydrogen-bond donors (Lipinski definition) is 0. The summed E-state index contributed by atoms with van der Waals surface area (Å²) in [5, 5.41) is 4.99. The van der Waals surface area contributed by atoms with E-state index in [2.05, 4.69) is 50.5 Å². The van der Waals surface area contributed by atoms with Gasteiger partial charge in [0.2, 0.25) is 0 Å². The Hall–Kier alpha value is -2.27. The Morgan fingerprint density at radius 2 is 2.00 bits per heavy atom. The summed E-state index contributed by atoms with van der Waals surface area (Å²) in [6, 6.07) is 10.9. The van der Waals surface area contributed by atoms with Crippen molar-refractivity contribution in [1.82, 2.24) is 9.66 Å². The quantitative estimate of drug-likeness (QED) is 0.188. The topological polar surface area (TPSA) is 82.8 Å².